The molecule has 2 atom stereocenters. The maximum Gasteiger partial charge on any atom is 0.306 e. The molecule has 0 saturated carbocycles. The van der Waals surface area contributed by atoms with Gasteiger partial charge in [0.1, 0.15) is 12.6 Å². The minimum absolute atomic E-state index is 0.0000207. The van der Waals surface area contributed by atoms with Crippen molar-refractivity contribution in [3.05, 3.63) is 97.2 Å². The predicted octanol–water partition coefficient (Wildman–Crippen LogP) is 10.2. The van der Waals surface area contributed by atoms with Crippen LogP contribution < -0.4 is 5.11 Å². The number of carbonyl (C=O) groups is 3. The Morgan fingerprint density at radius 3 is 1.70 bits per heavy atom. The summed E-state index contributed by atoms with van der Waals surface area (Å²) in [6, 6.07) is -0.747. The lowest BCUT2D eigenvalue weighted by Gasteiger charge is -2.34. The molecule has 0 rings (SSSR count). The molecule has 316 valence electrons. The van der Waals surface area contributed by atoms with Gasteiger partial charge in [0.25, 0.3) is 0 Å². The Morgan fingerprint density at radius 2 is 1.09 bits per heavy atom. The van der Waals surface area contributed by atoms with Crippen LogP contribution in [0.4, 0.5) is 0 Å². The third kappa shape index (κ3) is 35.9. The van der Waals surface area contributed by atoms with E-state index in [-0.39, 0.29) is 55.5 Å². The van der Waals surface area contributed by atoms with Gasteiger partial charge in [0.15, 0.2) is 6.10 Å². The molecule has 0 saturated heterocycles. The van der Waals surface area contributed by atoms with E-state index in [0.717, 1.165) is 51.4 Å². The maximum atomic E-state index is 12.7. The number of esters is 2. The van der Waals surface area contributed by atoms with Gasteiger partial charge < -0.3 is 28.6 Å². The summed E-state index contributed by atoms with van der Waals surface area (Å²) in [4.78, 5) is 36.8. The van der Waals surface area contributed by atoms with Crippen LogP contribution in [-0.2, 0) is 28.6 Å². The first kappa shape index (κ1) is 52.2. The van der Waals surface area contributed by atoms with E-state index in [1.807, 2.05) is 48.6 Å². The molecule has 0 aromatic heterocycles. The lowest BCUT2D eigenvalue weighted by molar-refractivity contribution is -0.889. The zero-order valence-corrected chi connectivity index (χ0v) is 35.8. The second kappa shape index (κ2) is 38.1. The lowest BCUT2D eigenvalue weighted by Crippen LogP contribution is -2.55. The SMILES string of the molecule is CC/C=C/C=C/C=C/C=C/C=C/CCCCCC(=O)OCC(COCCC(C(=O)[O-])[N+](C)(C)C)OC(=O)CCC/C=C/C/C=C/C/C=C/CCCCCCCC. The van der Waals surface area contributed by atoms with Gasteiger partial charge in [0, 0.05) is 19.3 Å². The van der Waals surface area contributed by atoms with Crippen molar-refractivity contribution in [1.29, 1.82) is 0 Å². The van der Waals surface area contributed by atoms with Crippen molar-refractivity contribution in [2.75, 3.05) is 41.0 Å². The Balaban J connectivity index is 4.56. The second-order valence-electron chi connectivity index (χ2n) is 15.0. The number of carboxylic acid groups (broad SMARTS) is 1. The monoisotopic (exact) mass is 780 g/mol. The quantitative estimate of drug-likeness (QED) is 0.0205. The Morgan fingerprint density at radius 1 is 0.571 bits per heavy atom. The first-order valence-corrected chi connectivity index (χ1v) is 21.3. The van der Waals surface area contributed by atoms with Gasteiger partial charge in [-0.1, -0.05) is 150 Å². The fraction of sp³-hybridized carbons (Fsp3) is 0.604. The molecule has 56 heavy (non-hydrogen) atoms. The number of nitrogens with zero attached hydrogens (tertiary/aromatic N) is 1. The van der Waals surface area contributed by atoms with Crippen molar-refractivity contribution < 1.29 is 38.2 Å². The minimum Gasteiger partial charge on any atom is -0.544 e. The molecular formula is C48H77NO7. The fourth-order valence-electron chi connectivity index (χ4n) is 5.52. The summed E-state index contributed by atoms with van der Waals surface area (Å²) in [5.74, 6) is -1.87. The molecular weight excluding hydrogens is 703 g/mol. The minimum atomic E-state index is -1.14. The summed E-state index contributed by atoms with van der Waals surface area (Å²) in [5, 5.41) is 11.6. The summed E-state index contributed by atoms with van der Waals surface area (Å²) >= 11 is 0. The van der Waals surface area contributed by atoms with E-state index in [1.54, 1.807) is 21.1 Å². The zero-order valence-electron chi connectivity index (χ0n) is 35.8. The highest BCUT2D eigenvalue weighted by atomic mass is 16.6. The van der Waals surface area contributed by atoms with E-state index in [2.05, 4.69) is 62.5 Å². The highest BCUT2D eigenvalue weighted by molar-refractivity contribution is 5.70. The van der Waals surface area contributed by atoms with Crippen LogP contribution in [-0.4, -0.2) is 75.5 Å². The van der Waals surface area contributed by atoms with Crippen molar-refractivity contribution in [2.45, 2.75) is 148 Å². The van der Waals surface area contributed by atoms with Gasteiger partial charge in [0.05, 0.1) is 40.3 Å². The fourth-order valence-corrected chi connectivity index (χ4v) is 5.52. The number of ether oxygens (including phenoxy) is 3. The summed E-state index contributed by atoms with van der Waals surface area (Å²) in [6.45, 7) is 4.38. The molecule has 8 heteroatoms. The topological polar surface area (TPSA) is 102 Å². The Hall–Kier alpha value is -3.75. The Kier molecular flexibility index (Phi) is 35.6. The van der Waals surface area contributed by atoms with Gasteiger partial charge in [-0.05, 0) is 64.2 Å². The molecule has 0 spiro atoms. The molecule has 0 radical (unpaired) electrons. The highest BCUT2D eigenvalue weighted by Crippen LogP contribution is 2.11. The van der Waals surface area contributed by atoms with Crippen LogP contribution in [0.15, 0.2) is 97.2 Å². The van der Waals surface area contributed by atoms with Gasteiger partial charge in [-0.2, -0.15) is 0 Å². The van der Waals surface area contributed by atoms with Crippen molar-refractivity contribution in [2.24, 2.45) is 0 Å². The standard InChI is InChI=1S/C48H77NO7/c1-6-8-10-12-14-16-18-20-22-23-25-27-29-31-33-35-37-39-47(51)56-44(42-54-41-40-45(48(52)53)49(3,4)5)43-55-46(50)38-36-34-32-30-28-26-24-21-19-17-15-13-11-9-7-2/h9,11,13,15,17,19-22,24-28,31,33,44-45H,6-8,10,12,14,16,18,23,29-30,32,34-43H2,1-5H3/b11-9+,15-13+,19-17+,22-20+,24-21+,27-25+,28-26+,33-31+. The number of unbranched alkanes of at least 4 members (excludes halogenated alkanes) is 10. The first-order valence-electron chi connectivity index (χ1n) is 21.3. The van der Waals surface area contributed by atoms with Crippen LogP contribution in [0.1, 0.15) is 136 Å². The van der Waals surface area contributed by atoms with Crippen molar-refractivity contribution in [3.63, 3.8) is 0 Å². The van der Waals surface area contributed by atoms with Crippen LogP contribution in [0.3, 0.4) is 0 Å². The molecule has 0 aliphatic heterocycles. The Bertz CT molecular complexity index is 1230. The van der Waals surface area contributed by atoms with E-state index in [4.69, 9.17) is 14.2 Å². The van der Waals surface area contributed by atoms with Gasteiger partial charge >= 0.3 is 11.9 Å². The van der Waals surface area contributed by atoms with E-state index in [9.17, 15) is 19.5 Å². The van der Waals surface area contributed by atoms with Crippen LogP contribution in [0.5, 0.6) is 0 Å². The number of carbonyl (C=O) groups excluding carboxylic acids is 3. The number of allylic oxidation sites excluding steroid dienone is 16. The third-order valence-corrected chi connectivity index (χ3v) is 8.83. The van der Waals surface area contributed by atoms with Crippen LogP contribution in [0.2, 0.25) is 0 Å². The average Bonchev–Trinajstić information content (AvgIpc) is 3.15. The number of carboxylic acids is 1. The molecule has 0 heterocycles. The van der Waals surface area contributed by atoms with Gasteiger partial charge in [0.2, 0.25) is 0 Å². The Labute approximate surface area is 341 Å². The molecule has 0 N–H and O–H groups in total. The van der Waals surface area contributed by atoms with Gasteiger partial charge in [-0.15, -0.1) is 0 Å². The number of rotatable bonds is 36. The molecule has 0 aromatic carbocycles. The zero-order chi connectivity index (χ0) is 41.4. The number of aliphatic carboxylic acids is 1. The molecule has 0 aromatic rings. The van der Waals surface area contributed by atoms with Gasteiger partial charge in [-0.25, -0.2) is 0 Å². The smallest absolute Gasteiger partial charge is 0.306 e. The average molecular weight is 780 g/mol. The van der Waals surface area contributed by atoms with Crippen molar-refractivity contribution in [1.82, 2.24) is 0 Å². The lowest BCUT2D eigenvalue weighted by atomic mass is 10.1. The van der Waals surface area contributed by atoms with Crippen molar-refractivity contribution in [3.8, 4) is 0 Å². The number of likely N-dealkylation sites (N-methyl/N-ethyl adjacent to an activating group) is 1. The molecule has 2 unspecified atom stereocenters. The number of hydrogen-bond donors (Lipinski definition) is 0. The van der Waals surface area contributed by atoms with E-state index < -0.39 is 18.1 Å². The third-order valence-electron chi connectivity index (χ3n) is 8.83. The normalized spacial score (nSPS) is 13.9. The molecule has 0 bridgehead atoms. The van der Waals surface area contributed by atoms with E-state index in [0.29, 0.717) is 12.8 Å². The molecule has 0 aliphatic carbocycles. The summed E-state index contributed by atoms with van der Waals surface area (Å²) in [7, 11) is 5.36. The van der Waals surface area contributed by atoms with Gasteiger partial charge in [-0.3, -0.25) is 9.59 Å². The number of quaternary nitrogens is 1. The highest BCUT2D eigenvalue weighted by Gasteiger charge is 2.25. The largest absolute Gasteiger partial charge is 0.544 e. The predicted molar refractivity (Wildman–Crippen MR) is 231 cm³/mol. The van der Waals surface area contributed by atoms with E-state index >= 15 is 0 Å². The number of hydrogen-bond acceptors (Lipinski definition) is 7. The summed E-state index contributed by atoms with van der Waals surface area (Å²) in [6.07, 6.45) is 50.1. The van der Waals surface area contributed by atoms with Crippen molar-refractivity contribution >= 4 is 17.9 Å². The van der Waals surface area contributed by atoms with Crippen LogP contribution in [0, 0.1) is 0 Å². The summed E-state index contributed by atoms with van der Waals surface area (Å²) < 4.78 is 17.0. The molecule has 8 nitrogen and oxygen atoms in total. The molecule has 0 fully saturated rings. The van der Waals surface area contributed by atoms with Crippen LogP contribution >= 0.6 is 0 Å². The summed E-state index contributed by atoms with van der Waals surface area (Å²) in [5.41, 5.74) is 0. The van der Waals surface area contributed by atoms with Crippen LogP contribution in [0.25, 0.3) is 0 Å². The first-order chi connectivity index (χ1) is 27.1. The van der Waals surface area contributed by atoms with E-state index in [1.165, 1.54) is 38.5 Å². The molecule has 0 amide bonds. The second-order valence-corrected chi connectivity index (χ2v) is 15.0. The maximum absolute atomic E-state index is 12.7. The molecule has 0 aliphatic rings.